The van der Waals surface area contributed by atoms with Crippen molar-refractivity contribution >= 4 is 33.4 Å². The molecule has 0 fully saturated rings. The van der Waals surface area contributed by atoms with Crippen LogP contribution in [0.2, 0.25) is 0 Å². The molecule has 0 radical (unpaired) electrons. The smallest absolute Gasteiger partial charge is 0.0584 e. The van der Waals surface area contributed by atoms with Gasteiger partial charge >= 0.3 is 0 Å². The molecule has 0 saturated carbocycles. The largest absolute Gasteiger partial charge is 0.323 e. The molecule has 1 heterocycles. The van der Waals surface area contributed by atoms with Gasteiger partial charge in [0.15, 0.2) is 0 Å². The van der Waals surface area contributed by atoms with E-state index in [4.69, 9.17) is 11.6 Å². The molecule has 2 rings (SSSR count). The number of nitrogens with one attached hydrogen (secondary N) is 1. The summed E-state index contributed by atoms with van der Waals surface area (Å²) in [4.78, 5) is 1.22. The first-order chi connectivity index (χ1) is 4.38. The van der Waals surface area contributed by atoms with Crippen LogP contribution in [-0.4, -0.2) is 0 Å². The fourth-order valence-corrected chi connectivity index (χ4v) is 3.38. The lowest BCUT2D eigenvalue weighted by Crippen LogP contribution is -1.93. The monoisotopic (exact) mass is 177 g/mol. The Morgan fingerprint density at radius 1 is 1.67 bits per heavy atom. The summed E-state index contributed by atoms with van der Waals surface area (Å²) in [5, 5.41) is 0.910. The van der Waals surface area contributed by atoms with E-state index in [0.29, 0.717) is 0 Å². The second-order valence-electron chi connectivity index (χ2n) is 1.83. The van der Waals surface area contributed by atoms with E-state index in [2.05, 4.69) is 4.72 Å². The molecule has 4 heteroatoms. The number of hydrogen-bond acceptors (Lipinski definition) is 3. The zero-order valence-electron chi connectivity index (χ0n) is 4.48. The molecule has 2 aliphatic rings. The van der Waals surface area contributed by atoms with Crippen molar-refractivity contribution < 1.29 is 0 Å². The van der Waals surface area contributed by atoms with Crippen LogP contribution in [0, 0.1) is 0 Å². The van der Waals surface area contributed by atoms with Crippen LogP contribution >= 0.6 is 33.4 Å². The van der Waals surface area contributed by atoms with E-state index in [0.717, 1.165) is 11.5 Å². The lowest BCUT2D eigenvalue weighted by molar-refractivity contribution is 1.13. The minimum absolute atomic E-state index is 0.910. The lowest BCUT2D eigenvalue weighted by atomic mass is 10.4. The van der Waals surface area contributed by atoms with Gasteiger partial charge in [0, 0.05) is 23.1 Å². The minimum atomic E-state index is 0.910. The van der Waals surface area contributed by atoms with Gasteiger partial charge < -0.3 is 4.72 Å². The van der Waals surface area contributed by atoms with Crippen LogP contribution in [0.1, 0.15) is 6.42 Å². The highest BCUT2D eigenvalue weighted by atomic mass is 35.5. The average Bonchev–Trinajstić information content (AvgIpc) is 2.35. The third-order valence-corrected chi connectivity index (χ3v) is 3.77. The van der Waals surface area contributed by atoms with E-state index in [-0.39, 0.29) is 0 Å². The standard InChI is InChI=1S/C5H4ClNS2/c6-3-1-2-4-5(3)8-9-7-4/h1,7H,2H2. The van der Waals surface area contributed by atoms with Crippen LogP contribution in [0.4, 0.5) is 0 Å². The van der Waals surface area contributed by atoms with Crippen molar-refractivity contribution in [3.8, 4) is 0 Å². The second-order valence-corrected chi connectivity index (χ2v) is 4.19. The molecule has 0 aromatic heterocycles. The topological polar surface area (TPSA) is 12.0 Å². The summed E-state index contributed by atoms with van der Waals surface area (Å²) in [6, 6.07) is 0. The van der Waals surface area contributed by atoms with Crippen molar-refractivity contribution in [3.05, 3.63) is 21.7 Å². The molecule has 1 nitrogen and oxygen atoms in total. The minimum Gasteiger partial charge on any atom is -0.323 e. The van der Waals surface area contributed by atoms with E-state index in [9.17, 15) is 0 Å². The number of hydrogen-bond donors (Lipinski definition) is 1. The fourth-order valence-electron chi connectivity index (χ4n) is 0.812. The van der Waals surface area contributed by atoms with Gasteiger partial charge in [0.25, 0.3) is 0 Å². The van der Waals surface area contributed by atoms with Crippen LogP contribution in [0.25, 0.3) is 0 Å². The van der Waals surface area contributed by atoms with Crippen molar-refractivity contribution in [2.24, 2.45) is 0 Å². The summed E-state index contributed by atoms with van der Waals surface area (Å²) in [6.45, 7) is 0. The summed E-state index contributed by atoms with van der Waals surface area (Å²) in [7, 11) is 3.34. The van der Waals surface area contributed by atoms with Gasteiger partial charge in [-0.3, -0.25) is 0 Å². The zero-order chi connectivity index (χ0) is 6.27. The van der Waals surface area contributed by atoms with Gasteiger partial charge in [-0.05, 0) is 10.8 Å². The maximum Gasteiger partial charge on any atom is 0.0584 e. The van der Waals surface area contributed by atoms with Crippen LogP contribution < -0.4 is 4.72 Å². The molecule has 1 aliphatic carbocycles. The molecule has 9 heavy (non-hydrogen) atoms. The van der Waals surface area contributed by atoms with E-state index < -0.39 is 0 Å². The Morgan fingerprint density at radius 3 is 3.33 bits per heavy atom. The van der Waals surface area contributed by atoms with Gasteiger partial charge in [-0.1, -0.05) is 17.7 Å². The fraction of sp³-hybridized carbons (Fsp3) is 0.200. The van der Waals surface area contributed by atoms with Crippen LogP contribution in [0.3, 0.4) is 0 Å². The van der Waals surface area contributed by atoms with Gasteiger partial charge in [0.05, 0.1) is 9.94 Å². The highest BCUT2D eigenvalue weighted by Gasteiger charge is 2.21. The molecule has 0 aromatic carbocycles. The maximum atomic E-state index is 5.84. The lowest BCUT2D eigenvalue weighted by Gasteiger charge is -1.91. The molecule has 0 atom stereocenters. The Kier molecular flexibility index (Phi) is 1.43. The maximum absolute atomic E-state index is 5.84. The quantitative estimate of drug-likeness (QED) is 0.451. The summed E-state index contributed by atoms with van der Waals surface area (Å²) < 4.78 is 3.17. The Morgan fingerprint density at radius 2 is 2.56 bits per heavy atom. The van der Waals surface area contributed by atoms with Gasteiger partial charge in [-0.15, -0.1) is 0 Å². The molecule has 0 unspecified atom stereocenters. The Hall–Kier alpha value is 0.270. The van der Waals surface area contributed by atoms with Crippen LogP contribution in [-0.2, 0) is 0 Å². The predicted octanol–water partition coefficient (Wildman–Crippen LogP) is 2.62. The van der Waals surface area contributed by atoms with Crippen molar-refractivity contribution in [2.75, 3.05) is 0 Å². The summed E-state index contributed by atoms with van der Waals surface area (Å²) >= 11 is 5.84. The molecule has 0 amide bonds. The molecule has 0 saturated heterocycles. The van der Waals surface area contributed by atoms with Gasteiger partial charge in [0.1, 0.15) is 0 Å². The third-order valence-electron chi connectivity index (χ3n) is 1.27. The normalized spacial score (nSPS) is 23.9. The molecule has 0 spiro atoms. The Labute approximate surface area is 66.4 Å². The van der Waals surface area contributed by atoms with E-state index in [1.54, 1.807) is 21.8 Å². The average molecular weight is 178 g/mol. The highest BCUT2D eigenvalue weighted by molar-refractivity contribution is 8.78. The van der Waals surface area contributed by atoms with E-state index in [1.165, 1.54) is 10.6 Å². The van der Waals surface area contributed by atoms with Gasteiger partial charge in [0.2, 0.25) is 0 Å². The first-order valence-corrected chi connectivity index (χ1v) is 5.09. The van der Waals surface area contributed by atoms with Crippen LogP contribution in [0.15, 0.2) is 21.7 Å². The molecule has 1 N–H and O–H groups in total. The van der Waals surface area contributed by atoms with Crippen molar-refractivity contribution in [2.45, 2.75) is 6.42 Å². The van der Waals surface area contributed by atoms with Gasteiger partial charge in [-0.25, -0.2) is 0 Å². The number of rotatable bonds is 0. The molecule has 1 aliphatic heterocycles. The Balaban J connectivity index is 2.35. The summed E-state index contributed by atoms with van der Waals surface area (Å²) in [5.74, 6) is 0. The molecular weight excluding hydrogens is 174 g/mol. The number of allylic oxidation sites excluding steroid dienone is 2. The van der Waals surface area contributed by atoms with Crippen molar-refractivity contribution in [1.29, 1.82) is 0 Å². The van der Waals surface area contributed by atoms with Crippen molar-refractivity contribution in [1.82, 2.24) is 4.72 Å². The summed E-state index contributed by atoms with van der Waals surface area (Å²) in [5.41, 5.74) is 1.27. The predicted molar refractivity (Wildman–Crippen MR) is 43.9 cm³/mol. The first-order valence-electron chi connectivity index (χ1n) is 2.56. The first kappa shape index (κ1) is 6.01. The Bertz CT molecular complexity index is 209. The van der Waals surface area contributed by atoms with E-state index >= 15 is 0 Å². The molecule has 0 aromatic rings. The molecular formula is C5H4ClNS2. The SMILES string of the molecule is ClC1=CCC2=C1SSN2. The summed E-state index contributed by atoms with van der Waals surface area (Å²) in [6.07, 6.45) is 3.01. The van der Waals surface area contributed by atoms with E-state index in [1.807, 2.05) is 6.08 Å². The third kappa shape index (κ3) is 0.876. The van der Waals surface area contributed by atoms with Gasteiger partial charge in [-0.2, -0.15) is 0 Å². The van der Waals surface area contributed by atoms with Crippen LogP contribution in [0.5, 0.6) is 0 Å². The number of halogens is 1. The zero-order valence-corrected chi connectivity index (χ0v) is 6.87. The molecule has 48 valence electrons. The van der Waals surface area contributed by atoms with Crippen molar-refractivity contribution in [3.63, 3.8) is 0 Å². The highest BCUT2D eigenvalue weighted by Crippen LogP contribution is 2.47. The molecule has 0 bridgehead atoms. The second kappa shape index (κ2) is 2.15.